The molecule has 0 saturated heterocycles. The van der Waals surface area contributed by atoms with Gasteiger partial charge in [-0.3, -0.25) is 14.8 Å². The standard InChI is InChI=1S/C33H21N7O8S.Na/c1-17-24(16-34)31(42)40(22-11-8-19(9-12-22)33(44)45)32(43)27(17)38-36-21-10-7-20-14-26(49-48-47-46)29(30(41)23(20)15-21)39-37-25-6-2-4-18-5-3-13-35-28(18)25;/h2-15,41,43,46H,1H3,(H,44,45);/q;+1/p-1. The molecule has 2 heterocycles. The van der Waals surface area contributed by atoms with E-state index in [1.54, 1.807) is 42.6 Å². The molecule has 0 atom stereocenters. The molecule has 0 aliphatic heterocycles. The first-order valence-electron chi connectivity index (χ1n) is 14.0. The number of carboxylic acids is 1. The zero-order chi connectivity index (χ0) is 34.7. The minimum atomic E-state index is -1.18. The number of carboxylic acid groups (broad SMARTS) is 1. The van der Waals surface area contributed by atoms with E-state index in [1.165, 1.54) is 37.3 Å². The molecular formula is C33H20N7NaO8S. The molecule has 0 spiro atoms. The largest absolute Gasteiger partial charge is 1.00 e. The average molecular weight is 698 g/mol. The molecule has 17 heteroatoms. The normalized spacial score (nSPS) is 11.3. The number of nitriles is 1. The summed E-state index contributed by atoms with van der Waals surface area (Å²) in [4.78, 5) is 28.9. The maximum atomic E-state index is 13.1. The molecule has 0 bridgehead atoms. The molecule has 0 fully saturated rings. The SMILES string of the molecule is Cc1c(N=Nc2ccc3cc(SOO[O-])c(N=Nc4cccc5cccnc45)c(O)c3c2)c(O)n(-c2ccc(C(=O)O)cc2)c(=O)c1C#N.[Na+]. The van der Waals surface area contributed by atoms with Crippen molar-refractivity contribution in [2.45, 2.75) is 11.8 Å². The summed E-state index contributed by atoms with van der Waals surface area (Å²) in [6, 6.07) is 22.1. The van der Waals surface area contributed by atoms with Gasteiger partial charge in [0.1, 0.15) is 23.0 Å². The third kappa shape index (κ3) is 6.96. The van der Waals surface area contributed by atoms with Crippen molar-refractivity contribution in [3.63, 3.8) is 0 Å². The molecule has 0 saturated carbocycles. The van der Waals surface area contributed by atoms with E-state index in [9.17, 15) is 35.4 Å². The van der Waals surface area contributed by atoms with Crippen LogP contribution in [0.3, 0.4) is 0 Å². The monoisotopic (exact) mass is 697 g/mol. The van der Waals surface area contributed by atoms with Crippen LogP contribution in [0.4, 0.5) is 22.7 Å². The molecule has 2 aromatic heterocycles. The fourth-order valence-corrected chi connectivity index (χ4v) is 5.48. The Kier molecular flexibility index (Phi) is 11.0. The van der Waals surface area contributed by atoms with Crippen LogP contribution in [0.15, 0.2) is 115 Å². The zero-order valence-electron chi connectivity index (χ0n) is 26.0. The van der Waals surface area contributed by atoms with E-state index >= 15 is 0 Å². The number of benzene rings is 4. The van der Waals surface area contributed by atoms with Gasteiger partial charge in [-0.05, 0) is 66.9 Å². The molecular weight excluding hydrogens is 677 g/mol. The van der Waals surface area contributed by atoms with Crippen molar-refractivity contribution in [2.24, 2.45) is 20.5 Å². The summed E-state index contributed by atoms with van der Waals surface area (Å²) in [5.74, 6) is -2.16. The van der Waals surface area contributed by atoms with Crippen molar-refractivity contribution in [3.05, 3.63) is 112 Å². The van der Waals surface area contributed by atoms with Crippen molar-refractivity contribution >= 4 is 62.4 Å². The van der Waals surface area contributed by atoms with Crippen molar-refractivity contribution in [1.29, 1.82) is 5.26 Å². The molecule has 15 nitrogen and oxygen atoms in total. The Morgan fingerprint density at radius 2 is 1.70 bits per heavy atom. The van der Waals surface area contributed by atoms with Crippen molar-refractivity contribution in [1.82, 2.24) is 9.55 Å². The van der Waals surface area contributed by atoms with E-state index in [2.05, 4.69) is 34.8 Å². The van der Waals surface area contributed by atoms with E-state index in [4.69, 9.17) is 0 Å². The number of hydrogen-bond acceptors (Lipinski definition) is 14. The number of aromatic hydroxyl groups is 2. The number of rotatable bonds is 9. The van der Waals surface area contributed by atoms with Gasteiger partial charge in [0.05, 0.1) is 39.4 Å². The fraction of sp³-hybridized carbons (Fsp3) is 0.0303. The quantitative estimate of drug-likeness (QED) is 0.0645. The summed E-state index contributed by atoms with van der Waals surface area (Å²) in [5.41, 5.74) is -0.0881. The van der Waals surface area contributed by atoms with E-state index < -0.39 is 17.4 Å². The predicted octanol–water partition coefficient (Wildman–Crippen LogP) is 3.89. The molecule has 242 valence electrons. The first-order chi connectivity index (χ1) is 23.7. The first kappa shape index (κ1) is 35.8. The number of aromatic carboxylic acids is 1. The third-order valence-corrected chi connectivity index (χ3v) is 7.99. The van der Waals surface area contributed by atoms with Gasteiger partial charge in [0.2, 0.25) is 5.88 Å². The van der Waals surface area contributed by atoms with Gasteiger partial charge < -0.3 is 20.6 Å². The minimum Gasteiger partial charge on any atom is -0.691 e. The number of fused-ring (bicyclic) bond motifs is 2. The second kappa shape index (κ2) is 15.4. The molecule has 50 heavy (non-hydrogen) atoms. The van der Waals surface area contributed by atoms with E-state index in [1.807, 2.05) is 18.2 Å². The summed E-state index contributed by atoms with van der Waals surface area (Å²) >= 11 is 0.519. The van der Waals surface area contributed by atoms with Crippen LogP contribution >= 0.6 is 12.0 Å². The average Bonchev–Trinajstić information content (AvgIpc) is 3.11. The smallest absolute Gasteiger partial charge is 0.691 e. The van der Waals surface area contributed by atoms with Crippen molar-refractivity contribution in [2.75, 3.05) is 0 Å². The molecule has 4 aromatic carbocycles. The van der Waals surface area contributed by atoms with Crippen LogP contribution in [-0.2, 0) is 9.37 Å². The van der Waals surface area contributed by atoms with Gasteiger partial charge in [0, 0.05) is 22.5 Å². The number of hydrogen-bond donors (Lipinski definition) is 3. The Morgan fingerprint density at radius 1 is 0.960 bits per heavy atom. The molecule has 6 aromatic rings. The molecule has 0 amide bonds. The third-order valence-electron chi connectivity index (χ3n) is 7.38. The number of nitrogens with zero attached hydrogens (tertiary/aromatic N) is 7. The summed E-state index contributed by atoms with van der Waals surface area (Å²) in [7, 11) is 0. The van der Waals surface area contributed by atoms with Crippen LogP contribution in [0, 0.1) is 18.3 Å². The Bertz CT molecular complexity index is 2440. The van der Waals surface area contributed by atoms with Gasteiger partial charge >= 0.3 is 35.5 Å². The van der Waals surface area contributed by atoms with Crippen LogP contribution < -0.4 is 40.4 Å². The van der Waals surface area contributed by atoms with Gasteiger partial charge in [-0.15, -0.1) is 15.3 Å². The minimum absolute atomic E-state index is 0. The summed E-state index contributed by atoms with van der Waals surface area (Å²) < 4.78 is 5.34. The fourth-order valence-electron chi connectivity index (χ4n) is 4.99. The molecule has 3 N–H and O–H groups in total. The molecule has 0 aliphatic carbocycles. The predicted molar refractivity (Wildman–Crippen MR) is 174 cm³/mol. The summed E-state index contributed by atoms with van der Waals surface area (Å²) in [5, 5.41) is 74.0. The van der Waals surface area contributed by atoms with Crippen LogP contribution in [0.2, 0.25) is 0 Å². The van der Waals surface area contributed by atoms with Crippen LogP contribution in [0.5, 0.6) is 11.6 Å². The van der Waals surface area contributed by atoms with Crippen LogP contribution in [0.25, 0.3) is 27.4 Å². The number of phenols is 1. The number of carbonyl (C=O) groups is 1. The number of para-hydroxylation sites is 1. The second-order valence-electron chi connectivity index (χ2n) is 10.2. The summed E-state index contributed by atoms with van der Waals surface area (Å²) in [6.45, 7) is 1.42. The maximum Gasteiger partial charge on any atom is 1.00 e. The van der Waals surface area contributed by atoms with Gasteiger partial charge in [-0.2, -0.15) is 14.7 Å². The zero-order valence-corrected chi connectivity index (χ0v) is 28.8. The Morgan fingerprint density at radius 3 is 2.42 bits per heavy atom. The maximum absolute atomic E-state index is 13.1. The second-order valence-corrected chi connectivity index (χ2v) is 11.0. The molecule has 0 radical (unpaired) electrons. The van der Waals surface area contributed by atoms with E-state index in [0.29, 0.717) is 28.6 Å². The first-order valence-corrected chi connectivity index (χ1v) is 14.8. The van der Waals surface area contributed by atoms with Gasteiger partial charge in [-0.25, -0.2) is 9.36 Å². The van der Waals surface area contributed by atoms with Crippen molar-refractivity contribution in [3.8, 4) is 23.4 Å². The van der Waals surface area contributed by atoms with Gasteiger partial charge in [0.25, 0.3) is 5.56 Å². The Labute approximate surface area is 307 Å². The van der Waals surface area contributed by atoms with E-state index in [-0.39, 0.29) is 85.0 Å². The van der Waals surface area contributed by atoms with Crippen LogP contribution in [0.1, 0.15) is 21.5 Å². The van der Waals surface area contributed by atoms with E-state index in [0.717, 1.165) is 9.95 Å². The van der Waals surface area contributed by atoms with Gasteiger partial charge in [0.15, 0.2) is 11.4 Å². The number of phenolic OH excluding ortho intramolecular Hbond substituents is 1. The number of pyridine rings is 2. The van der Waals surface area contributed by atoms with Crippen molar-refractivity contribution < 1.29 is 64.3 Å². The summed E-state index contributed by atoms with van der Waals surface area (Å²) in [6.07, 6.45) is 1.61. The van der Waals surface area contributed by atoms with Crippen LogP contribution in [-0.4, -0.2) is 30.8 Å². The number of aromatic nitrogens is 2. The van der Waals surface area contributed by atoms with Gasteiger partial charge in [-0.1, -0.05) is 24.3 Å². The Hall–Kier alpha value is -5.51. The molecule has 0 unspecified atom stereocenters. The number of azo groups is 2. The molecule has 0 aliphatic rings. The topological polar surface area (TPSA) is 227 Å². The molecule has 6 rings (SSSR count). The Balaban J connectivity index is 0.00000486.